The first-order chi connectivity index (χ1) is 13.5. The third-order valence-corrected chi connectivity index (χ3v) is 4.88. The van der Waals surface area contributed by atoms with Crippen LogP contribution in [0.4, 0.5) is 10.1 Å². The number of para-hydroxylation sites is 1. The Morgan fingerprint density at radius 1 is 1.21 bits per heavy atom. The van der Waals surface area contributed by atoms with Crippen molar-refractivity contribution >= 4 is 17.6 Å². The maximum atomic E-state index is 13.4. The van der Waals surface area contributed by atoms with Gasteiger partial charge in [-0.15, -0.1) is 0 Å². The summed E-state index contributed by atoms with van der Waals surface area (Å²) in [6.45, 7) is 0. The zero-order valence-corrected chi connectivity index (χ0v) is 15.0. The molecule has 7 heteroatoms. The van der Waals surface area contributed by atoms with Crippen LogP contribution in [0.3, 0.4) is 0 Å². The van der Waals surface area contributed by atoms with Crippen LogP contribution < -0.4 is 10.1 Å². The Hall–Kier alpha value is -3.61. The van der Waals surface area contributed by atoms with E-state index in [4.69, 9.17) is 4.74 Å². The van der Waals surface area contributed by atoms with Crippen LogP contribution >= 0.6 is 0 Å². The molecule has 28 heavy (non-hydrogen) atoms. The number of aromatic nitrogens is 1. The molecule has 4 rings (SSSR count). The summed E-state index contributed by atoms with van der Waals surface area (Å²) in [5.74, 6) is -1.63. The SMILES string of the molecule is COc1ccccc1[C@H]1CC(=O)Nc2c(C(=O)O)cn(-c3ccc(F)cc3)c21. The summed E-state index contributed by atoms with van der Waals surface area (Å²) in [5, 5.41) is 12.3. The number of amides is 1. The van der Waals surface area contributed by atoms with Crippen molar-refractivity contribution in [3.05, 3.63) is 77.4 Å². The molecule has 0 saturated carbocycles. The summed E-state index contributed by atoms with van der Waals surface area (Å²) in [7, 11) is 1.55. The van der Waals surface area contributed by atoms with Gasteiger partial charge in [-0.2, -0.15) is 0 Å². The van der Waals surface area contributed by atoms with Crippen LogP contribution in [0, 0.1) is 5.82 Å². The van der Waals surface area contributed by atoms with Crippen molar-refractivity contribution in [2.45, 2.75) is 12.3 Å². The van der Waals surface area contributed by atoms with E-state index in [1.807, 2.05) is 18.2 Å². The van der Waals surface area contributed by atoms with Crippen molar-refractivity contribution in [3.8, 4) is 11.4 Å². The number of hydrogen-bond donors (Lipinski definition) is 2. The summed E-state index contributed by atoms with van der Waals surface area (Å²) in [6, 6.07) is 13.1. The van der Waals surface area contributed by atoms with Gasteiger partial charge in [0.25, 0.3) is 0 Å². The number of carbonyl (C=O) groups excluding carboxylic acids is 1. The van der Waals surface area contributed by atoms with Gasteiger partial charge in [0, 0.05) is 29.8 Å². The minimum Gasteiger partial charge on any atom is -0.496 e. The zero-order valence-electron chi connectivity index (χ0n) is 15.0. The molecule has 0 unspecified atom stereocenters. The van der Waals surface area contributed by atoms with Crippen LogP contribution in [0.15, 0.2) is 54.7 Å². The van der Waals surface area contributed by atoms with Crippen molar-refractivity contribution in [3.63, 3.8) is 0 Å². The highest BCUT2D eigenvalue weighted by Crippen LogP contribution is 2.44. The van der Waals surface area contributed by atoms with Crippen LogP contribution in [-0.4, -0.2) is 28.7 Å². The van der Waals surface area contributed by atoms with Crippen molar-refractivity contribution < 1.29 is 23.8 Å². The zero-order chi connectivity index (χ0) is 19.8. The van der Waals surface area contributed by atoms with Gasteiger partial charge < -0.3 is 19.7 Å². The molecule has 2 aromatic carbocycles. The number of carboxylic acids is 1. The van der Waals surface area contributed by atoms with E-state index < -0.39 is 17.7 Å². The third-order valence-electron chi connectivity index (χ3n) is 4.88. The van der Waals surface area contributed by atoms with Crippen molar-refractivity contribution in [1.29, 1.82) is 0 Å². The van der Waals surface area contributed by atoms with Crippen molar-refractivity contribution in [2.24, 2.45) is 0 Å². The molecule has 1 aromatic heterocycles. The fourth-order valence-corrected chi connectivity index (χ4v) is 3.66. The van der Waals surface area contributed by atoms with Gasteiger partial charge in [0.2, 0.25) is 5.91 Å². The second kappa shape index (κ2) is 6.84. The lowest BCUT2D eigenvalue weighted by molar-refractivity contribution is -0.116. The molecular weight excluding hydrogens is 363 g/mol. The number of hydrogen-bond acceptors (Lipinski definition) is 3. The number of carbonyl (C=O) groups is 2. The van der Waals surface area contributed by atoms with E-state index >= 15 is 0 Å². The molecule has 2 heterocycles. The lowest BCUT2D eigenvalue weighted by atomic mass is 9.87. The van der Waals surface area contributed by atoms with E-state index in [0.29, 0.717) is 17.1 Å². The number of nitrogens with one attached hydrogen (secondary N) is 1. The molecule has 1 amide bonds. The average Bonchev–Trinajstić information content (AvgIpc) is 3.07. The Kier molecular flexibility index (Phi) is 4.35. The Bertz CT molecular complexity index is 1070. The Morgan fingerprint density at radius 3 is 2.61 bits per heavy atom. The lowest BCUT2D eigenvalue weighted by Crippen LogP contribution is -2.25. The molecule has 1 aliphatic heterocycles. The van der Waals surface area contributed by atoms with Gasteiger partial charge in [-0.1, -0.05) is 18.2 Å². The number of halogens is 1. The van der Waals surface area contributed by atoms with Gasteiger partial charge in [0.15, 0.2) is 0 Å². The summed E-state index contributed by atoms with van der Waals surface area (Å²) >= 11 is 0. The van der Waals surface area contributed by atoms with E-state index in [0.717, 1.165) is 5.56 Å². The predicted octanol–water partition coefficient (Wildman–Crippen LogP) is 3.80. The normalized spacial score (nSPS) is 15.6. The molecule has 6 nitrogen and oxygen atoms in total. The molecule has 3 aromatic rings. The first-order valence-corrected chi connectivity index (χ1v) is 8.67. The van der Waals surface area contributed by atoms with Crippen molar-refractivity contribution in [1.82, 2.24) is 4.57 Å². The van der Waals surface area contributed by atoms with Gasteiger partial charge in [-0.25, -0.2) is 9.18 Å². The van der Waals surface area contributed by atoms with E-state index in [2.05, 4.69) is 5.32 Å². The van der Waals surface area contributed by atoms with Crippen LogP contribution in [0.2, 0.25) is 0 Å². The van der Waals surface area contributed by atoms with Crippen molar-refractivity contribution in [2.75, 3.05) is 12.4 Å². The van der Waals surface area contributed by atoms with Gasteiger partial charge in [0.1, 0.15) is 17.1 Å². The summed E-state index contributed by atoms with van der Waals surface area (Å²) < 4.78 is 20.5. The first-order valence-electron chi connectivity index (χ1n) is 8.67. The van der Waals surface area contributed by atoms with E-state index in [9.17, 15) is 19.1 Å². The minimum atomic E-state index is -1.15. The molecule has 0 aliphatic carbocycles. The molecule has 0 spiro atoms. The van der Waals surface area contributed by atoms with Gasteiger partial charge in [-0.05, 0) is 30.3 Å². The Balaban J connectivity index is 1.98. The van der Waals surface area contributed by atoms with E-state index in [-0.39, 0.29) is 23.6 Å². The third kappa shape index (κ3) is 2.90. The van der Waals surface area contributed by atoms with Crippen LogP contribution in [-0.2, 0) is 4.79 Å². The summed E-state index contributed by atoms with van der Waals surface area (Å²) in [6.07, 6.45) is 1.59. The number of fused-ring (bicyclic) bond motifs is 1. The standard InChI is InChI=1S/C21H17FN2O4/c1-28-17-5-3-2-4-14(17)15-10-18(25)23-19-16(21(26)27)11-24(20(15)19)13-8-6-12(22)7-9-13/h2-9,11,15H,10H2,1H3,(H,23,25)(H,26,27)/t15-/m1/s1. The first kappa shape index (κ1) is 17.8. The average molecular weight is 380 g/mol. The Morgan fingerprint density at radius 2 is 1.93 bits per heavy atom. The quantitative estimate of drug-likeness (QED) is 0.722. The molecule has 0 fully saturated rings. The topological polar surface area (TPSA) is 80.6 Å². The van der Waals surface area contributed by atoms with Crippen LogP contribution in [0.5, 0.6) is 5.75 Å². The minimum absolute atomic E-state index is 0.0210. The summed E-state index contributed by atoms with van der Waals surface area (Å²) in [4.78, 5) is 24.2. The van der Waals surface area contributed by atoms with Gasteiger partial charge >= 0.3 is 5.97 Å². The smallest absolute Gasteiger partial charge is 0.339 e. The highest BCUT2D eigenvalue weighted by Gasteiger charge is 2.35. The Labute approximate surface area is 160 Å². The fraction of sp³-hybridized carbons (Fsp3) is 0.143. The number of aromatic carboxylic acids is 1. The number of carboxylic acid groups (broad SMARTS) is 1. The predicted molar refractivity (Wildman–Crippen MR) is 101 cm³/mol. The lowest BCUT2D eigenvalue weighted by Gasteiger charge is -2.27. The number of nitrogens with zero attached hydrogens (tertiary/aromatic N) is 1. The fourth-order valence-electron chi connectivity index (χ4n) is 3.66. The molecule has 0 bridgehead atoms. The maximum absolute atomic E-state index is 13.4. The molecular formula is C21H17FN2O4. The highest BCUT2D eigenvalue weighted by atomic mass is 19.1. The van der Waals surface area contributed by atoms with E-state index in [1.165, 1.54) is 18.3 Å². The maximum Gasteiger partial charge on any atom is 0.339 e. The van der Waals surface area contributed by atoms with Gasteiger partial charge in [0.05, 0.1) is 18.5 Å². The van der Waals surface area contributed by atoms with E-state index in [1.54, 1.807) is 29.9 Å². The molecule has 1 atom stereocenters. The molecule has 0 saturated heterocycles. The molecule has 0 radical (unpaired) electrons. The van der Waals surface area contributed by atoms with Crippen LogP contribution in [0.25, 0.3) is 5.69 Å². The largest absolute Gasteiger partial charge is 0.496 e. The molecule has 142 valence electrons. The summed E-state index contributed by atoms with van der Waals surface area (Å²) in [5.41, 5.74) is 2.23. The number of benzene rings is 2. The number of rotatable bonds is 4. The second-order valence-corrected chi connectivity index (χ2v) is 6.50. The molecule has 2 N–H and O–H groups in total. The molecule has 1 aliphatic rings. The second-order valence-electron chi connectivity index (χ2n) is 6.50. The number of methoxy groups -OCH3 is 1. The highest BCUT2D eigenvalue weighted by molar-refractivity contribution is 6.04. The number of anilines is 1. The monoisotopic (exact) mass is 380 g/mol. The van der Waals surface area contributed by atoms with Crippen LogP contribution in [0.1, 0.15) is 34.0 Å². The van der Waals surface area contributed by atoms with Gasteiger partial charge in [-0.3, -0.25) is 4.79 Å². The number of ether oxygens (including phenoxy) is 1.